The van der Waals surface area contributed by atoms with E-state index in [1.54, 1.807) is 42.5 Å². The molecule has 6 heteroatoms. The molecule has 2 rings (SSSR count). The predicted molar refractivity (Wildman–Crippen MR) is 102 cm³/mol. The number of carbonyl (C=O) groups excluding carboxylic acids is 1. The van der Waals surface area contributed by atoms with E-state index >= 15 is 0 Å². The normalized spacial score (nSPS) is 11.0. The summed E-state index contributed by atoms with van der Waals surface area (Å²) < 4.78 is 3.52. The van der Waals surface area contributed by atoms with Crippen LogP contribution >= 0.6 is 11.9 Å². The number of hydrogen-bond donors (Lipinski definition) is 2. The minimum absolute atomic E-state index is 0.162. The van der Waals surface area contributed by atoms with E-state index in [4.69, 9.17) is 0 Å². The highest BCUT2D eigenvalue weighted by Crippen LogP contribution is 2.28. The van der Waals surface area contributed by atoms with Crippen molar-refractivity contribution in [2.45, 2.75) is 18.6 Å². The third-order valence-electron chi connectivity index (χ3n) is 3.61. The first kappa shape index (κ1) is 18.7. The fourth-order valence-electron chi connectivity index (χ4n) is 2.42. The maximum Gasteiger partial charge on any atom is 0.336 e. The average Bonchev–Trinajstić information content (AvgIpc) is 2.59. The molecular formula is C19H20N2O3S. The summed E-state index contributed by atoms with van der Waals surface area (Å²) >= 11 is 1.30. The summed E-state index contributed by atoms with van der Waals surface area (Å²) in [5.74, 6) is -1.28. The molecule has 0 aliphatic carbocycles. The van der Waals surface area contributed by atoms with Crippen molar-refractivity contribution in [2.75, 3.05) is 6.54 Å². The lowest BCUT2D eigenvalue weighted by Gasteiger charge is -2.21. The lowest BCUT2D eigenvalue weighted by Crippen LogP contribution is -2.36. The molecule has 2 aromatic rings. The molecule has 0 bridgehead atoms. The Bertz CT molecular complexity index is 803. The second-order valence-electron chi connectivity index (χ2n) is 6.06. The molecule has 0 atom stereocenters. The van der Waals surface area contributed by atoms with E-state index in [0.717, 1.165) is 0 Å². The van der Waals surface area contributed by atoms with Crippen LogP contribution in [0.3, 0.4) is 0 Å². The van der Waals surface area contributed by atoms with E-state index in [1.165, 1.54) is 18.0 Å². The minimum Gasteiger partial charge on any atom is -0.478 e. The molecule has 0 saturated carbocycles. The zero-order chi connectivity index (χ0) is 18.4. The van der Waals surface area contributed by atoms with Gasteiger partial charge in [0.25, 0.3) is 5.91 Å². The number of hydrogen-bond acceptors (Lipinski definition) is 4. The van der Waals surface area contributed by atoms with Gasteiger partial charge in [-0.15, -0.1) is 0 Å². The molecular weight excluding hydrogens is 336 g/mol. The lowest BCUT2D eigenvalue weighted by atomic mass is 9.95. The second-order valence-corrected chi connectivity index (χ2v) is 7.61. The third-order valence-corrected chi connectivity index (χ3v) is 4.37. The minimum atomic E-state index is -1.03. The van der Waals surface area contributed by atoms with Crippen LogP contribution in [0.15, 0.2) is 52.9 Å². The third kappa shape index (κ3) is 4.70. The Hall–Kier alpha value is -2.60. The first-order valence-electron chi connectivity index (χ1n) is 7.70. The fraction of sp³-hybridized carbons (Fsp3) is 0.211. The molecule has 2 N–H and O–H groups in total. The molecule has 0 saturated heterocycles. The fourth-order valence-corrected chi connectivity index (χ4v) is 2.90. The van der Waals surface area contributed by atoms with E-state index in [9.17, 15) is 14.7 Å². The van der Waals surface area contributed by atoms with E-state index in [2.05, 4.69) is 16.4 Å². The van der Waals surface area contributed by atoms with Crippen molar-refractivity contribution in [3.05, 3.63) is 59.7 Å². The van der Waals surface area contributed by atoms with Gasteiger partial charge in [-0.3, -0.25) is 4.79 Å². The molecule has 0 heterocycles. The van der Waals surface area contributed by atoms with Crippen LogP contribution in [-0.2, 0) is 0 Å². The molecule has 0 aliphatic heterocycles. The predicted octanol–water partition coefficient (Wildman–Crippen LogP) is 3.91. The van der Waals surface area contributed by atoms with Crippen molar-refractivity contribution in [2.24, 2.45) is 4.40 Å². The highest BCUT2D eigenvalue weighted by molar-refractivity contribution is 7.99. The smallest absolute Gasteiger partial charge is 0.336 e. The van der Waals surface area contributed by atoms with Gasteiger partial charge >= 0.3 is 5.97 Å². The Kier molecular flexibility index (Phi) is 5.98. The second kappa shape index (κ2) is 7.98. The Morgan fingerprint density at radius 2 is 1.60 bits per heavy atom. The van der Waals surface area contributed by atoms with Gasteiger partial charge in [-0.05, 0) is 55.8 Å². The zero-order valence-electron chi connectivity index (χ0n) is 14.2. The maximum atomic E-state index is 12.7. The summed E-state index contributed by atoms with van der Waals surface area (Å²) in [6.07, 6.45) is 0. The van der Waals surface area contributed by atoms with E-state index < -0.39 is 5.97 Å². The van der Waals surface area contributed by atoms with Crippen LogP contribution in [-0.4, -0.2) is 35.0 Å². The number of nitrogens with one attached hydrogen (secondary N) is 1. The van der Waals surface area contributed by atoms with Gasteiger partial charge in [0.05, 0.1) is 5.56 Å². The van der Waals surface area contributed by atoms with Gasteiger partial charge in [-0.25, -0.2) is 9.19 Å². The largest absolute Gasteiger partial charge is 0.478 e. The number of nitrogens with zero attached hydrogens (tertiary/aromatic N) is 1. The molecule has 5 nitrogen and oxygen atoms in total. The van der Waals surface area contributed by atoms with Gasteiger partial charge < -0.3 is 10.4 Å². The van der Waals surface area contributed by atoms with Crippen molar-refractivity contribution < 1.29 is 14.7 Å². The van der Waals surface area contributed by atoms with Gasteiger partial charge in [0.2, 0.25) is 0 Å². The Labute approximate surface area is 151 Å². The van der Waals surface area contributed by atoms with Crippen molar-refractivity contribution in [3.63, 3.8) is 0 Å². The van der Waals surface area contributed by atoms with E-state index in [-0.39, 0.29) is 16.2 Å². The van der Waals surface area contributed by atoms with E-state index in [1.807, 2.05) is 13.8 Å². The number of carboxylic acids is 1. The maximum absolute atomic E-state index is 12.7. The standard InChI is InChI=1S/C19H20N2O3S/c1-19(2,25-20-3)12-21-17(22)15-10-6-4-8-13(15)14-9-5-7-11-16(14)18(23)24/h4-11H,3,12H2,1-2H3,(H,21,22)(H,23,24). The van der Waals surface area contributed by atoms with Gasteiger partial charge in [0.15, 0.2) is 0 Å². The topological polar surface area (TPSA) is 78.8 Å². The molecule has 0 fully saturated rings. The molecule has 130 valence electrons. The highest BCUT2D eigenvalue weighted by Gasteiger charge is 2.22. The van der Waals surface area contributed by atoms with Gasteiger partial charge in [-0.2, -0.15) is 0 Å². The number of amides is 1. The Morgan fingerprint density at radius 3 is 2.16 bits per heavy atom. The number of rotatable bonds is 7. The number of benzene rings is 2. The monoisotopic (exact) mass is 356 g/mol. The molecule has 0 aromatic heterocycles. The van der Waals surface area contributed by atoms with Crippen molar-refractivity contribution >= 4 is 30.5 Å². The lowest BCUT2D eigenvalue weighted by molar-refractivity contribution is 0.0697. The zero-order valence-corrected chi connectivity index (χ0v) is 15.0. The molecule has 0 unspecified atom stereocenters. The van der Waals surface area contributed by atoms with Crippen LogP contribution in [0.1, 0.15) is 34.6 Å². The van der Waals surface area contributed by atoms with Crippen molar-refractivity contribution in [1.82, 2.24) is 5.32 Å². The molecule has 0 radical (unpaired) electrons. The highest BCUT2D eigenvalue weighted by atomic mass is 32.2. The summed E-state index contributed by atoms with van der Waals surface area (Å²) in [7, 11) is 0. The number of carboxylic acid groups (broad SMARTS) is 1. The summed E-state index contributed by atoms with van der Waals surface area (Å²) in [5.41, 5.74) is 1.70. The first-order valence-corrected chi connectivity index (χ1v) is 8.47. The van der Waals surface area contributed by atoms with Crippen LogP contribution in [0.25, 0.3) is 11.1 Å². The van der Waals surface area contributed by atoms with Crippen molar-refractivity contribution in [3.8, 4) is 11.1 Å². The molecule has 0 aliphatic rings. The summed E-state index contributed by atoms with van der Waals surface area (Å²) in [4.78, 5) is 24.1. The SMILES string of the molecule is C=NSC(C)(C)CNC(=O)c1ccccc1-c1ccccc1C(=O)O. The van der Waals surface area contributed by atoms with Crippen LogP contribution < -0.4 is 5.32 Å². The van der Waals surface area contributed by atoms with Gasteiger partial charge in [0.1, 0.15) is 0 Å². The van der Waals surface area contributed by atoms with Gasteiger partial charge in [0, 0.05) is 16.9 Å². The Morgan fingerprint density at radius 1 is 1.08 bits per heavy atom. The van der Waals surface area contributed by atoms with Crippen LogP contribution in [0, 0.1) is 0 Å². The van der Waals surface area contributed by atoms with Crippen LogP contribution in [0.4, 0.5) is 0 Å². The number of aromatic carboxylic acids is 1. The van der Waals surface area contributed by atoms with E-state index in [0.29, 0.717) is 23.2 Å². The van der Waals surface area contributed by atoms with Crippen molar-refractivity contribution in [1.29, 1.82) is 0 Å². The summed E-state index contributed by atoms with van der Waals surface area (Å²) in [6.45, 7) is 7.78. The molecule has 1 amide bonds. The summed E-state index contributed by atoms with van der Waals surface area (Å²) in [6, 6.07) is 13.6. The number of carbonyl (C=O) groups is 2. The van der Waals surface area contributed by atoms with Gasteiger partial charge in [-0.1, -0.05) is 36.4 Å². The van der Waals surface area contributed by atoms with Crippen LogP contribution in [0.2, 0.25) is 0 Å². The molecule has 0 spiro atoms. The summed E-state index contributed by atoms with van der Waals surface area (Å²) in [5, 5.41) is 12.3. The van der Waals surface area contributed by atoms with Crippen LogP contribution in [0.5, 0.6) is 0 Å². The quantitative estimate of drug-likeness (QED) is 0.582. The average molecular weight is 356 g/mol. The Balaban J connectivity index is 2.35. The molecule has 2 aromatic carbocycles. The first-order chi connectivity index (χ1) is 11.9. The molecule has 25 heavy (non-hydrogen) atoms.